The van der Waals surface area contributed by atoms with Crippen LogP contribution in [0.1, 0.15) is 81.1 Å². The Kier molecular flexibility index (Phi) is 6.46. The van der Waals surface area contributed by atoms with Crippen molar-refractivity contribution < 1.29 is 0 Å². The zero-order valence-corrected chi connectivity index (χ0v) is 17.9. The van der Waals surface area contributed by atoms with E-state index in [4.69, 9.17) is 0 Å². The second kappa shape index (κ2) is 7.66. The zero-order valence-electron chi connectivity index (χ0n) is 17.9. The Bertz CT molecular complexity index is 343. The fraction of sp³-hybridized carbons (Fsp3) is 1.00. The van der Waals surface area contributed by atoms with E-state index in [0.717, 1.165) is 11.8 Å². The summed E-state index contributed by atoms with van der Waals surface area (Å²) in [5.41, 5.74) is 0.863. The minimum Gasteiger partial charge on any atom is -0.301 e. The molecule has 2 nitrogen and oxygen atoms in total. The van der Waals surface area contributed by atoms with Gasteiger partial charge in [-0.15, -0.1) is 0 Å². The molecule has 2 rings (SSSR count). The summed E-state index contributed by atoms with van der Waals surface area (Å²) in [6.07, 6.45) is 5.55. The number of hydrogen-bond acceptors (Lipinski definition) is 2. The molecule has 24 heavy (non-hydrogen) atoms. The second-order valence-corrected chi connectivity index (χ2v) is 10.3. The number of likely N-dealkylation sites (tertiary alicyclic amines) is 2. The third-order valence-electron chi connectivity index (χ3n) is 8.22. The molecular formula is C22H44N2. The predicted octanol–water partition coefficient (Wildman–Crippen LogP) is 5.28. The zero-order chi connectivity index (χ0) is 18.1. The maximum Gasteiger partial charge on any atom is 0.00385 e. The summed E-state index contributed by atoms with van der Waals surface area (Å²) in [5, 5.41) is 0. The molecule has 0 atom stereocenters. The second-order valence-electron chi connectivity index (χ2n) is 10.3. The molecule has 0 aromatic heterocycles. The molecule has 0 aliphatic carbocycles. The Balaban J connectivity index is 1.99. The first-order valence-electron chi connectivity index (χ1n) is 10.6. The maximum absolute atomic E-state index is 2.67. The summed E-state index contributed by atoms with van der Waals surface area (Å²) in [7, 11) is 0. The molecule has 142 valence electrons. The number of rotatable bonds is 5. The average Bonchev–Trinajstić information content (AvgIpc) is 2.54. The van der Waals surface area contributed by atoms with Crippen molar-refractivity contribution in [2.24, 2.45) is 22.7 Å². The van der Waals surface area contributed by atoms with Crippen LogP contribution in [0, 0.1) is 22.7 Å². The Hall–Kier alpha value is -0.0800. The predicted molar refractivity (Wildman–Crippen MR) is 106 cm³/mol. The van der Waals surface area contributed by atoms with Crippen molar-refractivity contribution in [3.05, 3.63) is 0 Å². The van der Waals surface area contributed by atoms with E-state index in [9.17, 15) is 0 Å². The fourth-order valence-electron chi connectivity index (χ4n) is 5.33. The van der Waals surface area contributed by atoms with Crippen molar-refractivity contribution in [1.29, 1.82) is 0 Å². The summed E-state index contributed by atoms with van der Waals surface area (Å²) in [5.74, 6) is 1.76. The highest BCUT2D eigenvalue weighted by molar-refractivity contribution is 4.98. The molecule has 0 N–H and O–H groups in total. The van der Waals surface area contributed by atoms with E-state index in [1.807, 2.05) is 0 Å². The van der Waals surface area contributed by atoms with Crippen LogP contribution in [0.4, 0.5) is 0 Å². The molecule has 2 saturated heterocycles. The minimum atomic E-state index is 0.431. The van der Waals surface area contributed by atoms with Crippen LogP contribution in [0.2, 0.25) is 0 Å². The molecule has 2 fully saturated rings. The summed E-state index contributed by atoms with van der Waals surface area (Å²) >= 11 is 0. The highest BCUT2D eigenvalue weighted by atomic mass is 15.2. The molecule has 0 radical (unpaired) electrons. The van der Waals surface area contributed by atoms with Gasteiger partial charge in [0.2, 0.25) is 0 Å². The van der Waals surface area contributed by atoms with Crippen LogP contribution in [-0.2, 0) is 0 Å². The minimum absolute atomic E-state index is 0.431. The first-order valence-corrected chi connectivity index (χ1v) is 10.6. The standard InChI is InChI=1S/C22H44N2/c1-17(2)23-13-9-19(10-14-23)21(5,6)22(7,8)20-11-15-24(16-12-20)18(3)4/h17-20H,9-16H2,1-8H3. The van der Waals surface area contributed by atoms with Crippen LogP contribution in [0.25, 0.3) is 0 Å². The Morgan fingerprint density at radius 2 is 0.833 bits per heavy atom. The van der Waals surface area contributed by atoms with Crippen LogP contribution in [0.5, 0.6) is 0 Å². The van der Waals surface area contributed by atoms with Gasteiger partial charge in [0.05, 0.1) is 0 Å². The van der Waals surface area contributed by atoms with E-state index < -0.39 is 0 Å². The van der Waals surface area contributed by atoms with Crippen LogP contribution in [0.15, 0.2) is 0 Å². The summed E-state index contributed by atoms with van der Waals surface area (Å²) < 4.78 is 0. The van der Waals surface area contributed by atoms with Gasteiger partial charge in [-0.3, -0.25) is 0 Å². The first-order chi connectivity index (χ1) is 11.1. The maximum atomic E-state index is 2.67. The Morgan fingerprint density at radius 1 is 0.583 bits per heavy atom. The Labute approximate surface area is 152 Å². The number of nitrogens with zero attached hydrogens (tertiary/aromatic N) is 2. The largest absolute Gasteiger partial charge is 0.301 e. The van der Waals surface area contributed by atoms with E-state index in [2.05, 4.69) is 65.2 Å². The van der Waals surface area contributed by atoms with Gasteiger partial charge in [0, 0.05) is 12.1 Å². The van der Waals surface area contributed by atoms with Gasteiger partial charge in [0.15, 0.2) is 0 Å². The SMILES string of the molecule is CC(C)N1CCC(C(C)(C)C(C)(C)C2CCN(C(C)C)CC2)CC1. The van der Waals surface area contributed by atoms with Gasteiger partial charge in [-0.2, -0.15) is 0 Å². The molecule has 0 amide bonds. The highest BCUT2D eigenvalue weighted by Gasteiger charge is 2.48. The van der Waals surface area contributed by atoms with E-state index in [1.165, 1.54) is 51.9 Å². The van der Waals surface area contributed by atoms with Crippen LogP contribution >= 0.6 is 0 Å². The molecular weight excluding hydrogens is 292 g/mol. The average molecular weight is 337 g/mol. The lowest BCUT2D eigenvalue weighted by Gasteiger charge is -2.55. The van der Waals surface area contributed by atoms with E-state index in [0.29, 0.717) is 22.9 Å². The van der Waals surface area contributed by atoms with Crippen molar-refractivity contribution in [3.8, 4) is 0 Å². The lowest BCUT2D eigenvalue weighted by molar-refractivity contribution is -0.0577. The van der Waals surface area contributed by atoms with Gasteiger partial charge in [-0.1, -0.05) is 27.7 Å². The van der Waals surface area contributed by atoms with Crippen molar-refractivity contribution in [3.63, 3.8) is 0 Å². The molecule has 2 heteroatoms. The van der Waals surface area contributed by atoms with Gasteiger partial charge < -0.3 is 9.80 Å². The monoisotopic (exact) mass is 336 g/mol. The first kappa shape index (κ1) is 20.2. The number of piperidine rings is 2. The summed E-state index contributed by atoms with van der Waals surface area (Å²) in [6, 6.07) is 1.42. The third-order valence-corrected chi connectivity index (χ3v) is 8.22. The van der Waals surface area contributed by atoms with Gasteiger partial charge >= 0.3 is 0 Å². The van der Waals surface area contributed by atoms with Crippen molar-refractivity contribution in [2.45, 2.75) is 93.2 Å². The normalized spacial score (nSPS) is 24.2. The lowest BCUT2D eigenvalue weighted by Crippen LogP contribution is -2.51. The van der Waals surface area contributed by atoms with Gasteiger partial charge in [0.25, 0.3) is 0 Å². The van der Waals surface area contributed by atoms with Crippen molar-refractivity contribution in [2.75, 3.05) is 26.2 Å². The van der Waals surface area contributed by atoms with E-state index in [-0.39, 0.29) is 0 Å². The van der Waals surface area contributed by atoms with E-state index in [1.54, 1.807) is 0 Å². The molecule has 2 aliphatic rings. The topological polar surface area (TPSA) is 6.48 Å². The molecule has 2 heterocycles. The highest BCUT2D eigenvalue weighted by Crippen LogP contribution is 2.54. The van der Waals surface area contributed by atoms with Crippen LogP contribution in [-0.4, -0.2) is 48.1 Å². The van der Waals surface area contributed by atoms with Gasteiger partial charge in [-0.05, 0) is 102 Å². The van der Waals surface area contributed by atoms with Crippen LogP contribution < -0.4 is 0 Å². The third kappa shape index (κ3) is 4.01. The van der Waals surface area contributed by atoms with Crippen molar-refractivity contribution >= 4 is 0 Å². The lowest BCUT2D eigenvalue weighted by atomic mass is 9.53. The molecule has 2 aliphatic heterocycles. The smallest absolute Gasteiger partial charge is 0.00385 e. The molecule has 0 unspecified atom stereocenters. The molecule has 0 aromatic rings. The van der Waals surface area contributed by atoms with Gasteiger partial charge in [0.1, 0.15) is 0 Å². The quantitative estimate of drug-likeness (QED) is 0.674. The molecule has 0 spiro atoms. The van der Waals surface area contributed by atoms with E-state index >= 15 is 0 Å². The summed E-state index contributed by atoms with van der Waals surface area (Å²) in [4.78, 5) is 5.33. The molecule has 0 aromatic carbocycles. The number of hydrogen-bond donors (Lipinski definition) is 0. The Morgan fingerprint density at radius 3 is 1.04 bits per heavy atom. The molecule has 0 bridgehead atoms. The van der Waals surface area contributed by atoms with Crippen LogP contribution in [0.3, 0.4) is 0 Å². The molecule has 0 saturated carbocycles. The van der Waals surface area contributed by atoms with Gasteiger partial charge in [-0.25, -0.2) is 0 Å². The fourth-order valence-corrected chi connectivity index (χ4v) is 5.33. The summed E-state index contributed by atoms with van der Waals surface area (Å²) in [6.45, 7) is 24.9. The van der Waals surface area contributed by atoms with Crippen molar-refractivity contribution in [1.82, 2.24) is 9.80 Å².